The van der Waals surface area contributed by atoms with Crippen LogP contribution < -0.4 is 0 Å². The molecule has 0 aromatic carbocycles. The van der Waals surface area contributed by atoms with Gasteiger partial charge in [-0.25, -0.2) is 0 Å². The Kier molecular flexibility index (Phi) is 7.40. The van der Waals surface area contributed by atoms with Gasteiger partial charge in [-0.15, -0.1) is 0 Å². The van der Waals surface area contributed by atoms with Crippen LogP contribution in [0.4, 0.5) is 0 Å². The van der Waals surface area contributed by atoms with Gasteiger partial charge in [0.15, 0.2) is 5.78 Å². The summed E-state index contributed by atoms with van der Waals surface area (Å²) in [7, 11) is 0. The number of pyridine rings is 1. The maximum atomic E-state index is 12.7. The Labute approximate surface area is 165 Å². The maximum absolute atomic E-state index is 12.7. The van der Waals surface area contributed by atoms with Gasteiger partial charge in [0.25, 0.3) is 0 Å². The summed E-state index contributed by atoms with van der Waals surface area (Å²) in [5, 5.41) is 10.3. The Morgan fingerprint density at radius 1 is 1.22 bits per heavy atom. The van der Waals surface area contributed by atoms with Gasteiger partial charge >= 0.3 is 0 Å². The van der Waals surface area contributed by atoms with E-state index in [-0.39, 0.29) is 7.21 Å². The van der Waals surface area contributed by atoms with E-state index in [2.05, 4.69) is 11.9 Å². The van der Waals surface area contributed by atoms with Crippen molar-refractivity contribution in [3.8, 4) is 0 Å². The van der Waals surface area contributed by atoms with Gasteiger partial charge < -0.3 is 5.11 Å². The van der Waals surface area contributed by atoms with Crippen LogP contribution >= 0.6 is 0 Å². The Morgan fingerprint density at radius 3 is 2.70 bits per heavy atom. The van der Waals surface area contributed by atoms with Crippen molar-refractivity contribution in [2.45, 2.75) is 77.2 Å². The molecule has 1 aromatic rings. The lowest BCUT2D eigenvalue weighted by atomic mass is 9.79. The number of unbranched alkanes of at least 4 members (excludes halogenated alkanes) is 1. The summed E-state index contributed by atoms with van der Waals surface area (Å²) in [5.41, 5.74) is 2.63. The van der Waals surface area contributed by atoms with Gasteiger partial charge in [0.1, 0.15) is 0 Å². The van der Waals surface area contributed by atoms with Crippen molar-refractivity contribution >= 4 is 11.4 Å². The van der Waals surface area contributed by atoms with E-state index in [0.717, 1.165) is 35.8 Å². The van der Waals surface area contributed by atoms with Gasteiger partial charge in [0, 0.05) is 25.8 Å². The lowest BCUT2D eigenvalue weighted by molar-refractivity contribution is -0.116. The second-order valence-corrected chi connectivity index (χ2v) is 8.29. The number of aliphatic hydroxyl groups excluding tert-OH is 1. The highest BCUT2D eigenvalue weighted by molar-refractivity contribution is 5.99. The number of aromatic nitrogens is 1. The molecule has 0 saturated heterocycles. The number of ketones is 1. The molecule has 1 aromatic heterocycles. The average Bonchev–Trinajstić information content (AvgIpc) is 2.72. The fourth-order valence-corrected chi connectivity index (χ4v) is 4.54. The monoisotopic (exact) mass is 369 g/mol. The molecule has 2 aliphatic rings. The zero-order valence-corrected chi connectivity index (χ0v) is 16.6. The van der Waals surface area contributed by atoms with Crippen LogP contribution in [0.3, 0.4) is 0 Å². The highest BCUT2D eigenvalue weighted by atomic mass is 16.3. The fourth-order valence-electron chi connectivity index (χ4n) is 4.54. The third-order valence-corrected chi connectivity index (χ3v) is 6.33. The lowest BCUT2D eigenvalue weighted by Crippen LogP contribution is -2.20. The highest BCUT2D eigenvalue weighted by Gasteiger charge is 2.23. The van der Waals surface area contributed by atoms with Crippen LogP contribution in [0.2, 0.25) is 0 Å². The predicted octanol–water partition coefficient (Wildman–Crippen LogP) is 5.75. The minimum absolute atomic E-state index is 0. The predicted molar refractivity (Wildman–Crippen MR) is 112 cm³/mol. The molecule has 2 atom stereocenters. The molecule has 1 heterocycles. The molecule has 1 saturated carbocycles. The van der Waals surface area contributed by atoms with Gasteiger partial charge in [0.05, 0.1) is 6.10 Å². The average molecular weight is 370 g/mol. The van der Waals surface area contributed by atoms with Gasteiger partial charge in [-0.1, -0.05) is 57.9 Å². The van der Waals surface area contributed by atoms with Crippen molar-refractivity contribution in [1.29, 1.82) is 0 Å². The number of hydrogen-bond acceptors (Lipinski definition) is 3. The van der Waals surface area contributed by atoms with E-state index in [4.69, 9.17) is 0 Å². The summed E-state index contributed by atoms with van der Waals surface area (Å²) in [4.78, 5) is 16.7. The minimum Gasteiger partial charge on any atom is -0.388 e. The van der Waals surface area contributed by atoms with Gasteiger partial charge in [-0.3, -0.25) is 9.78 Å². The second-order valence-electron chi connectivity index (χ2n) is 8.29. The third kappa shape index (κ3) is 5.62. The molecule has 0 amide bonds. The van der Waals surface area contributed by atoms with E-state index >= 15 is 0 Å². The van der Waals surface area contributed by atoms with E-state index in [1.54, 1.807) is 12.4 Å². The molecule has 2 unspecified atom stereocenters. The molecule has 148 valence electrons. The van der Waals surface area contributed by atoms with Crippen LogP contribution in [-0.2, 0) is 4.79 Å². The van der Waals surface area contributed by atoms with Crippen molar-refractivity contribution in [2.24, 2.45) is 11.8 Å². The first-order valence-corrected chi connectivity index (χ1v) is 10.7. The zero-order valence-electron chi connectivity index (χ0n) is 16.6. The molecule has 0 bridgehead atoms. The molecule has 1 N–H and O–H groups in total. The number of rotatable bonds is 8. The first-order chi connectivity index (χ1) is 13.1. The SMILES string of the molecule is CC(CCCCC(=O)C1=CC(c2ccncc2)=CCC1O)C1CCCCC1.[HH]. The molecule has 0 aliphatic heterocycles. The number of hydrogen-bond donors (Lipinski definition) is 1. The molecule has 2 aliphatic carbocycles. The first kappa shape index (κ1) is 20.0. The molecule has 1 fully saturated rings. The summed E-state index contributed by atoms with van der Waals surface area (Å²) >= 11 is 0. The Hall–Kier alpha value is -1.74. The number of carbonyl (C=O) groups excluding carboxylic acids is 1. The van der Waals surface area contributed by atoms with Crippen molar-refractivity contribution in [1.82, 2.24) is 4.98 Å². The van der Waals surface area contributed by atoms with Crippen molar-refractivity contribution in [3.63, 3.8) is 0 Å². The molecule has 0 spiro atoms. The molecular weight excluding hydrogens is 334 g/mol. The Morgan fingerprint density at radius 2 is 1.96 bits per heavy atom. The summed E-state index contributed by atoms with van der Waals surface area (Å²) in [6.45, 7) is 2.39. The quantitative estimate of drug-likeness (QED) is 0.594. The number of aliphatic hydroxyl groups is 1. The first-order valence-electron chi connectivity index (χ1n) is 10.7. The Bertz CT molecular complexity index is 677. The topological polar surface area (TPSA) is 50.2 Å². The van der Waals surface area contributed by atoms with E-state index in [9.17, 15) is 9.90 Å². The normalized spacial score (nSPS) is 22.1. The summed E-state index contributed by atoms with van der Waals surface area (Å²) in [5.74, 6) is 1.78. The van der Waals surface area contributed by atoms with E-state index in [1.165, 1.54) is 38.5 Å². The van der Waals surface area contributed by atoms with Crippen LogP contribution in [0.1, 0.15) is 78.1 Å². The van der Waals surface area contributed by atoms with Crippen molar-refractivity contribution < 1.29 is 11.3 Å². The van der Waals surface area contributed by atoms with Gasteiger partial charge in [-0.05, 0) is 54.0 Å². The standard InChI is InChI=1S/C24H33NO2.H2/c1-18(19-8-3-2-4-9-19)7-5-6-10-23(26)22-17-21(11-12-24(22)27)20-13-15-25-16-14-20;/h11,13-19,24,27H,2-10,12H2,1H3;1H. The largest absolute Gasteiger partial charge is 0.388 e. The van der Waals surface area contributed by atoms with Crippen molar-refractivity contribution in [3.05, 3.63) is 47.8 Å². The maximum Gasteiger partial charge on any atom is 0.161 e. The third-order valence-electron chi connectivity index (χ3n) is 6.33. The Balaban J connectivity index is 0.00000280. The van der Waals surface area contributed by atoms with Crippen molar-refractivity contribution in [2.75, 3.05) is 0 Å². The molecule has 3 heteroatoms. The van der Waals surface area contributed by atoms with Crippen LogP contribution in [0.5, 0.6) is 0 Å². The van der Waals surface area contributed by atoms with Crippen LogP contribution in [0.15, 0.2) is 42.3 Å². The number of nitrogens with zero attached hydrogens (tertiary/aromatic N) is 1. The zero-order chi connectivity index (χ0) is 19.1. The lowest BCUT2D eigenvalue weighted by Gasteiger charge is -2.27. The summed E-state index contributed by atoms with van der Waals surface area (Å²) in [6, 6.07) is 3.88. The molecular formula is C24H35NO2. The number of carbonyl (C=O) groups is 1. The van der Waals surface area contributed by atoms with Crippen LogP contribution in [0.25, 0.3) is 5.57 Å². The van der Waals surface area contributed by atoms with E-state index < -0.39 is 6.10 Å². The second kappa shape index (κ2) is 9.98. The molecule has 3 rings (SSSR count). The molecule has 27 heavy (non-hydrogen) atoms. The molecule has 0 radical (unpaired) electrons. The number of Topliss-reactive ketones (excluding diaryl/α,β-unsaturated/α-hetero) is 1. The van der Waals surface area contributed by atoms with E-state index in [1.807, 2.05) is 24.3 Å². The van der Waals surface area contributed by atoms with Crippen LogP contribution in [-0.4, -0.2) is 22.0 Å². The summed E-state index contributed by atoms with van der Waals surface area (Å²) < 4.78 is 0. The minimum atomic E-state index is -0.663. The van der Waals surface area contributed by atoms with E-state index in [0.29, 0.717) is 18.4 Å². The fraction of sp³-hybridized carbons (Fsp3) is 0.583. The van der Waals surface area contributed by atoms with Crippen LogP contribution in [0, 0.1) is 11.8 Å². The smallest absolute Gasteiger partial charge is 0.161 e. The summed E-state index contributed by atoms with van der Waals surface area (Å²) in [6.07, 6.45) is 18.0. The molecule has 3 nitrogen and oxygen atoms in total. The number of allylic oxidation sites excluding steroid dienone is 2. The van der Waals surface area contributed by atoms with Gasteiger partial charge in [0.2, 0.25) is 0 Å². The van der Waals surface area contributed by atoms with Gasteiger partial charge in [-0.2, -0.15) is 0 Å². The highest BCUT2D eigenvalue weighted by Crippen LogP contribution is 2.32.